The number of hydrogen-bond acceptors (Lipinski definition) is 4. The molecular weight excluding hydrogens is 667 g/mol. The molecule has 1 rings (SSSR count). The Balaban J connectivity index is 2.57. The minimum Gasteiger partial charge on any atom is -0.449 e. The van der Waals surface area contributed by atoms with Gasteiger partial charge in [-0.15, -0.1) is 0 Å². The number of aromatic amines is 1. The maximum Gasteiger partial charge on any atom is 0.307 e. The number of carbonyl (C=O) groups is 2. The number of H-pyrrole nitrogens is 1. The number of nitrogens with one attached hydrogen (secondary N) is 2. The molecule has 54 heavy (non-hydrogen) atoms. The van der Waals surface area contributed by atoms with Crippen molar-refractivity contribution in [3.63, 3.8) is 0 Å². The van der Waals surface area contributed by atoms with Crippen LogP contribution in [-0.2, 0) is 20.7 Å². The number of allylic oxidation sites excluding steroid dienone is 8. The Labute approximate surface area is 333 Å². The second-order valence-corrected chi connectivity index (χ2v) is 15.3. The van der Waals surface area contributed by atoms with E-state index in [1.165, 1.54) is 89.9 Å². The molecule has 0 spiro atoms. The van der Waals surface area contributed by atoms with Crippen LogP contribution in [0, 0.1) is 0 Å². The molecule has 0 saturated carbocycles. The zero-order valence-corrected chi connectivity index (χ0v) is 35.4. The van der Waals surface area contributed by atoms with Gasteiger partial charge in [-0.3, -0.25) is 9.59 Å². The summed E-state index contributed by atoms with van der Waals surface area (Å²) >= 11 is 0. The summed E-state index contributed by atoms with van der Waals surface area (Å²) < 4.78 is 6.27. The quantitative estimate of drug-likeness (QED) is 0.0400. The zero-order valence-electron chi connectivity index (χ0n) is 35.4. The van der Waals surface area contributed by atoms with Crippen LogP contribution in [0.1, 0.15) is 213 Å². The highest BCUT2D eigenvalue weighted by molar-refractivity contribution is 5.88. The van der Waals surface area contributed by atoms with Crippen molar-refractivity contribution in [3.05, 3.63) is 66.8 Å². The number of aryl methyl sites for hydroxylation is 1. The fourth-order valence-electron chi connectivity index (χ4n) is 6.76. The van der Waals surface area contributed by atoms with Gasteiger partial charge in [0.2, 0.25) is 0 Å². The first-order chi connectivity index (χ1) is 26.6. The van der Waals surface area contributed by atoms with Gasteiger partial charge in [0.15, 0.2) is 5.60 Å². The van der Waals surface area contributed by atoms with Crippen LogP contribution in [0.5, 0.6) is 0 Å². The van der Waals surface area contributed by atoms with Gasteiger partial charge in [0.25, 0.3) is 5.91 Å². The molecule has 0 unspecified atom stereocenters. The summed E-state index contributed by atoms with van der Waals surface area (Å²) in [5.41, 5.74) is -0.191. The average molecular weight is 750 g/mol. The molecule has 6 nitrogen and oxygen atoms in total. The molecule has 1 heterocycles. The first-order valence-corrected chi connectivity index (χ1v) is 22.6. The van der Waals surface area contributed by atoms with Crippen LogP contribution < -0.4 is 5.32 Å². The highest BCUT2D eigenvalue weighted by atomic mass is 16.6. The van der Waals surface area contributed by atoms with E-state index in [1.54, 1.807) is 12.5 Å². The zero-order chi connectivity index (χ0) is 39.1. The van der Waals surface area contributed by atoms with E-state index in [0.29, 0.717) is 25.8 Å². The van der Waals surface area contributed by atoms with Gasteiger partial charge in [-0.05, 0) is 103 Å². The minimum absolute atomic E-state index is 0.101. The average Bonchev–Trinajstić information content (AvgIpc) is 3.70. The fourth-order valence-corrected chi connectivity index (χ4v) is 6.76. The molecule has 0 fully saturated rings. The predicted octanol–water partition coefficient (Wildman–Crippen LogP) is 13.9. The number of rotatable bonds is 38. The molecule has 0 aliphatic carbocycles. The Morgan fingerprint density at radius 1 is 0.611 bits per heavy atom. The van der Waals surface area contributed by atoms with Crippen molar-refractivity contribution < 1.29 is 14.3 Å². The molecule has 0 atom stereocenters. The van der Waals surface area contributed by atoms with Crippen molar-refractivity contribution in [2.24, 2.45) is 0 Å². The van der Waals surface area contributed by atoms with Crippen molar-refractivity contribution in [2.75, 3.05) is 6.54 Å². The predicted molar refractivity (Wildman–Crippen MR) is 232 cm³/mol. The van der Waals surface area contributed by atoms with Crippen LogP contribution in [0.2, 0.25) is 0 Å². The topological polar surface area (TPSA) is 84.1 Å². The second-order valence-electron chi connectivity index (χ2n) is 15.3. The van der Waals surface area contributed by atoms with Gasteiger partial charge >= 0.3 is 5.97 Å². The molecule has 0 saturated heterocycles. The first-order valence-electron chi connectivity index (χ1n) is 22.6. The summed E-state index contributed by atoms with van der Waals surface area (Å²) in [6.45, 7) is 7.25. The summed E-state index contributed by atoms with van der Waals surface area (Å²) in [6, 6.07) is 0. The van der Waals surface area contributed by atoms with Gasteiger partial charge < -0.3 is 15.0 Å². The third-order valence-corrected chi connectivity index (χ3v) is 10.3. The molecule has 1 aromatic heterocycles. The maximum atomic E-state index is 13.9. The molecule has 0 aliphatic heterocycles. The Hall–Kier alpha value is -2.89. The van der Waals surface area contributed by atoms with Gasteiger partial charge in [-0.2, -0.15) is 0 Å². The monoisotopic (exact) mass is 750 g/mol. The van der Waals surface area contributed by atoms with Crippen LogP contribution in [0.3, 0.4) is 0 Å². The molecule has 0 aliphatic rings. The van der Waals surface area contributed by atoms with E-state index in [1.807, 2.05) is 0 Å². The number of esters is 1. The van der Waals surface area contributed by atoms with E-state index < -0.39 is 5.60 Å². The second kappa shape index (κ2) is 37.1. The van der Waals surface area contributed by atoms with Gasteiger partial charge in [0.05, 0.1) is 12.7 Å². The van der Waals surface area contributed by atoms with E-state index >= 15 is 0 Å². The molecule has 1 amide bonds. The SMILES string of the molecule is CCCCC/C=C\C/C=C\CCCCCCCCC(CCCCCCCC/C=C\C/C=C\CCCCC)(OC(=O)CCc1cnc[nH]1)C(=O)NCCCC. The lowest BCUT2D eigenvalue weighted by molar-refractivity contribution is -0.171. The van der Waals surface area contributed by atoms with E-state index in [4.69, 9.17) is 4.74 Å². The molecule has 6 heteroatoms. The van der Waals surface area contributed by atoms with Crippen LogP contribution in [0.4, 0.5) is 0 Å². The van der Waals surface area contributed by atoms with E-state index in [9.17, 15) is 9.59 Å². The van der Waals surface area contributed by atoms with Crippen molar-refractivity contribution in [1.29, 1.82) is 0 Å². The third kappa shape index (κ3) is 28.5. The highest BCUT2D eigenvalue weighted by Crippen LogP contribution is 2.29. The number of unbranched alkanes of at least 4 members (excludes halogenated alkanes) is 19. The van der Waals surface area contributed by atoms with Gasteiger partial charge in [0, 0.05) is 18.4 Å². The number of amides is 1. The maximum absolute atomic E-state index is 13.9. The van der Waals surface area contributed by atoms with Crippen molar-refractivity contribution in [2.45, 2.75) is 219 Å². The fraction of sp³-hybridized carbons (Fsp3) is 0.729. The molecule has 2 N–H and O–H groups in total. The Morgan fingerprint density at radius 3 is 1.50 bits per heavy atom. The van der Waals surface area contributed by atoms with Crippen LogP contribution >= 0.6 is 0 Å². The normalized spacial score (nSPS) is 12.3. The summed E-state index contributed by atoms with van der Waals surface area (Å²) in [7, 11) is 0. The van der Waals surface area contributed by atoms with E-state index in [2.05, 4.69) is 84.7 Å². The van der Waals surface area contributed by atoms with Crippen LogP contribution in [0.25, 0.3) is 0 Å². The number of imidazole rings is 1. The van der Waals surface area contributed by atoms with Gasteiger partial charge in [0.1, 0.15) is 0 Å². The van der Waals surface area contributed by atoms with E-state index in [0.717, 1.165) is 82.7 Å². The van der Waals surface area contributed by atoms with Crippen molar-refractivity contribution >= 4 is 11.9 Å². The molecule has 308 valence electrons. The Bertz CT molecular complexity index is 1060. The smallest absolute Gasteiger partial charge is 0.307 e. The Morgan fingerprint density at radius 2 is 1.06 bits per heavy atom. The van der Waals surface area contributed by atoms with Crippen LogP contribution in [0.15, 0.2) is 61.1 Å². The van der Waals surface area contributed by atoms with Crippen molar-refractivity contribution in [3.8, 4) is 0 Å². The highest BCUT2D eigenvalue weighted by Gasteiger charge is 2.41. The van der Waals surface area contributed by atoms with Crippen LogP contribution in [-0.4, -0.2) is 34.0 Å². The van der Waals surface area contributed by atoms with Gasteiger partial charge in [-0.1, -0.05) is 153 Å². The molecular formula is C48H83N3O3. The number of hydrogen-bond donors (Lipinski definition) is 2. The lowest BCUT2D eigenvalue weighted by Gasteiger charge is -2.33. The summed E-state index contributed by atoms with van der Waals surface area (Å²) in [5, 5.41) is 3.16. The molecule has 1 aromatic rings. The Kier molecular flexibility index (Phi) is 33.7. The standard InChI is InChI=1S/C48H83N3O3/c1-4-7-10-12-14-16-18-20-22-24-26-28-30-32-34-36-40-48(47(53)50-42-9-6-3,54-46(52)39-38-45-43-49-44-51-45)41-37-35-33-31-29-27-25-23-21-19-17-15-13-11-8-5-2/h14-17,20-23,43-44H,4-13,18-19,24-42H2,1-3H3,(H,49,51)(H,50,53)/b16-14-,17-15-,22-20-,23-21-. The number of ether oxygens (including phenoxy) is 1. The molecule has 0 bridgehead atoms. The summed E-state index contributed by atoms with van der Waals surface area (Å²) in [5.74, 6) is -0.397. The molecule has 0 aromatic carbocycles. The number of carbonyl (C=O) groups excluding carboxylic acids is 2. The molecule has 0 radical (unpaired) electrons. The summed E-state index contributed by atoms with van der Waals surface area (Å²) in [6.07, 6.45) is 53.9. The minimum atomic E-state index is -1.09. The lowest BCUT2D eigenvalue weighted by atomic mass is 9.88. The summed E-state index contributed by atoms with van der Waals surface area (Å²) in [4.78, 5) is 34.3. The largest absolute Gasteiger partial charge is 0.449 e. The number of aromatic nitrogens is 2. The van der Waals surface area contributed by atoms with E-state index in [-0.39, 0.29) is 18.3 Å². The van der Waals surface area contributed by atoms with Crippen molar-refractivity contribution in [1.82, 2.24) is 15.3 Å². The third-order valence-electron chi connectivity index (χ3n) is 10.3. The first kappa shape index (κ1) is 49.1. The number of nitrogens with zero attached hydrogens (tertiary/aromatic N) is 1. The lowest BCUT2D eigenvalue weighted by Crippen LogP contribution is -2.50. The van der Waals surface area contributed by atoms with Gasteiger partial charge in [-0.25, -0.2) is 4.98 Å².